The van der Waals surface area contributed by atoms with Gasteiger partial charge in [-0.05, 0) is 71.9 Å². The lowest BCUT2D eigenvalue weighted by Gasteiger charge is -2.33. The minimum atomic E-state index is -3.99. The Balaban J connectivity index is 1.74. The Morgan fingerprint density at radius 1 is 0.905 bits per heavy atom. The van der Waals surface area contributed by atoms with Crippen LogP contribution >= 0.6 is 0 Å². The SMILES string of the molecule is CC(C)N1CCCC(NC2CCC(C(F)(F)F)CC2)CC1. The molecule has 1 N–H and O–H groups in total. The Kier molecular flexibility index (Phi) is 5.95. The van der Waals surface area contributed by atoms with Crippen LogP contribution in [0.1, 0.15) is 58.8 Å². The van der Waals surface area contributed by atoms with Crippen molar-refractivity contribution in [2.45, 2.75) is 83.1 Å². The summed E-state index contributed by atoms with van der Waals surface area (Å²) in [5.41, 5.74) is 0. The quantitative estimate of drug-likeness (QED) is 0.849. The lowest BCUT2D eigenvalue weighted by atomic mass is 9.85. The van der Waals surface area contributed by atoms with Gasteiger partial charge in [-0.25, -0.2) is 0 Å². The fraction of sp³-hybridized carbons (Fsp3) is 1.00. The van der Waals surface area contributed by atoms with Crippen molar-refractivity contribution in [2.24, 2.45) is 5.92 Å². The van der Waals surface area contributed by atoms with Crippen molar-refractivity contribution in [3.05, 3.63) is 0 Å². The molecular formula is C16H29F3N2. The maximum Gasteiger partial charge on any atom is 0.391 e. The summed E-state index contributed by atoms with van der Waals surface area (Å²) in [5.74, 6) is -1.07. The first-order chi connectivity index (χ1) is 9.86. The summed E-state index contributed by atoms with van der Waals surface area (Å²) in [6.07, 6.45) is 1.42. The van der Waals surface area contributed by atoms with Gasteiger partial charge < -0.3 is 10.2 Å². The molecular weight excluding hydrogens is 277 g/mol. The molecule has 1 saturated heterocycles. The van der Waals surface area contributed by atoms with Crippen LogP contribution in [0.2, 0.25) is 0 Å². The number of likely N-dealkylation sites (tertiary alicyclic amines) is 1. The summed E-state index contributed by atoms with van der Waals surface area (Å²) in [5, 5.41) is 3.64. The van der Waals surface area contributed by atoms with E-state index >= 15 is 0 Å². The number of alkyl halides is 3. The zero-order valence-electron chi connectivity index (χ0n) is 13.3. The summed E-state index contributed by atoms with van der Waals surface area (Å²) in [6, 6.07) is 1.37. The second kappa shape index (κ2) is 7.32. The van der Waals surface area contributed by atoms with Gasteiger partial charge in [0.25, 0.3) is 0 Å². The Hall–Kier alpha value is -0.290. The zero-order chi connectivity index (χ0) is 15.5. The van der Waals surface area contributed by atoms with Gasteiger partial charge in [0.2, 0.25) is 0 Å². The predicted octanol–water partition coefficient (Wildman–Crippen LogP) is 3.96. The molecule has 124 valence electrons. The van der Waals surface area contributed by atoms with Crippen molar-refractivity contribution in [1.82, 2.24) is 10.2 Å². The minimum absolute atomic E-state index is 0.291. The van der Waals surface area contributed by atoms with Gasteiger partial charge in [-0.15, -0.1) is 0 Å². The molecule has 2 fully saturated rings. The van der Waals surface area contributed by atoms with Gasteiger partial charge in [0.15, 0.2) is 0 Å². The van der Waals surface area contributed by atoms with Crippen LogP contribution in [0.4, 0.5) is 13.2 Å². The molecule has 0 aromatic carbocycles. The summed E-state index contributed by atoms with van der Waals surface area (Å²) in [6.45, 7) is 6.71. The average Bonchev–Trinajstić information content (AvgIpc) is 2.64. The van der Waals surface area contributed by atoms with Crippen LogP contribution in [0.5, 0.6) is 0 Å². The molecule has 5 heteroatoms. The van der Waals surface area contributed by atoms with E-state index in [2.05, 4.69) is 24.1 Å². The number of nitrogens with one attached hydrogen (secondary N) is 1. The van der Waals surface area contributed by atoms with Crippen molar-refractivity contribution in [1.29, 1.82) is 0 Å². The molecule has 2 rings (SSSR count). The van der Waals surface area contributed by atoms with Crippen LogP contribution in [0.15, 0.2) is 0 Å². The monoisotopic (exact) mass is 306 g/mol. The van der Waals surface area contributed by atoms with Gasteiger partial charge in [0, 0.05) is 18.1 Å². The molecule has 0 spiro atoms. The van der Waals surface area contributed by atoms with Crippen LogP contribution in [-0.2, 0) is 0 Å². The first-order valence-corrected chi connectivity index (χ1v) is 8.43. The first kappa shape index (κ1) is 17.1. The summed E-state index contributed by atoms with van der Waals surface area (Å²) in [4.78, 5) is 2.50. The molecule has 0 amide bonds. The van der Waals surface area contributed by atoms with E-state index in [1.54, 1.807) is 0 Å². The van der Waals surface area contributed by atoms with Gasteiger partial charge in [0.05, 0.1) is 5.92 Å². The first-order valence-electron chi connectivity index (χ1n) is 8.43. The van der Waals surface area contributed by atoms with Crippen LogP contribution in [0, 0.1) is 5.92 Å². The van der Waals surface area contributed by atoms with Crippen LogP contribution < -0.4 is 5.32 Å². The molecule has 1 aliphatic carbocycles. The van der Waals surface area contributed by atoms with Crippen molar-refractivity contribution in [3.63, 3.8) is 0 Å². The van der Waals surface area contributed by atoms with E-state index in [-0.39, 0.29) is 0 Å². The third kappa shape index (κ3) is 5.13. The molecule has 0 radical (unpaired) electrons. The van der Waals surface area contributed by atoms with E-state index in [0.29, 0.717) is 43.8 Å². The van der Waals surface area contributed by atoms with E-state index in [1.165, 1.54) is 6.42 Å². The van der Waals surface area contributed by atoms with Gasteiger partial charge in [-0.2, -0.15) is 13.2 Å². The van der Waals surface area contributed by atoms with Gasteiger partial charge in [0.1, 0.15) is 0 Å². The molecule has 0 aromatic heterocycles. The molecule has 1 saturated carbocycles. The molecule has 0 bridgehead atoms. The second-order valence-electron chi connectivity index (χ2n) is 7.01. The second-order valence-corrected chi connectivity index (χ2v) is 7.01. The third-order valence-corrected chi connectivity index (χ3v) is 5.15. The van der Waals surface area contributed by atoms with Gasteiger partial charge >= 0.3 is 6.18 Å². The number of rotatable bonds is 3. The smallest absolute Gasteiger partial charge is 0.311 e. The number of hydrogen-bond donors (Lipinski definition) is 1. The predicted molar refractivity (Wildman–Crippen MR) is 79.3 cm³/mol. The largest absolute Gasteiger partial charge is 0.391 e. The Labute approximate surface area is 126 Å². The van der Waals surface area contributed by atoms with Crippen molar-refractivity contribution in [3.8, 4) is 0 Å². The fourth-order valence-electron chi connectivity index (χ4n) is 3.72. The minimum Gasteiger partial charge on any atom is -0.311 e. The molecule has 2 aliphatic rings. The number of halogens is 3. The molecule has 1 heterocycles. The Morgan fingerprint density at radius 3 is 2.10 bits per heavy atom. The molecule has 1 atom stereocenters. The maximum atomic E-state index is 12.7. The third-order valence-electron chi connectivity index (χ3n) is 5.15. The Morgan fingerprint density at radius 2 is 1.52 bits per heavy atom. The topological polar surface area (TPSA) is 15.3 Å². The zero-order valence-corrected chi connectivity index (χ0v) is 13.3. The highest BCUT2D eigenvalue weighted by molar-refractivity contribution is 4.85. The lowest BCUT2D eigenvalue weighted by molar-refractivity contribution is -0.182. The lowest BCUT2D eigenvalue weighted by Crippen LogP contribution is -2.42. The highest BCUT2D eigenvalue weighted by Crippen LogP contribution is 2.37. The summed E-state index contributed by atoms with van der Waals surface area (Å²) in [7, 11) is 0. The summed E-state index contributed by atoms with van der Waals surface area (Å²) < 4.78 is 38.0. The molecule has 21 heavy (non-hydrogen) atoms. The van der Waals surface area contributed by atoms with Crippen molar-refractivity contribution < 1.29 is 13.2 Å². The van der Waals surface area contributed by atoms with E-state index in [0.717, 1.165) is 25.9 Å². The van der Waals surface area contributed by atoms with E-state index in [1.807, 2.05) is 0 Å². The molecule has 2 nitrogen and oxygen atoms in total. The standard InChI is InChI=1S/C16H29F3N2/c1-12(2)21-10-3-4-14(9-11-21)20-15-7-5-13(6-8-15)16(17,18)19/h12-15,20H,3-11H2,1-2H3. The van der Waals surface area contributed by atoms with Gasteiger partial charge in [-0.3, -0.25) is 0 Å². The highest BCUT2D eigenvalue weighted by atomic mass is 19.4. The fourth-order valence-corrected chi connectivity index (χ4v) is 3.72. The molecule has 0 aromatic rings. The average molecular weight is 306 g/mol. The maximum absolute atomic E-state index is 12.7. The Bertz CT molecular complexity index is 309. The highest BCUT2D eigenvalue weighted by Gasteiger charge is 2.41. The summed E-state index contributed by atoms with van der Waals surface area (Å²) >= 11 is 0. The molecule has 1 aliphatic heterocycles. The van der Waals surface area contributed by atoms with Crippen molar-refractivity contribution in [2.75, 3.05) is 13.1 Å². The van der Waals surface area contributed by atoms with Crippen LogP contribution in [-0.4, -0.2) is 42.3 Å². The van der Waals surface area contributed by atoms with E-state index < -0.39 is 12.1 Å². The van der Waals surface area contributed by atoms with Crippen molar-refractivity contribution >= 4 is 0 Å². The number of hydrogen-bond acceptors (Lipinski definition) is 2. The van der Waals surface area contributed by atoms with Crippen LogP contribution in [0.3, 0.4) is 0 Å². The van der Waals surface area contributed by atoms with E-state index in [9.17, 15) is 13.2 Å². The number of nitrogens with zero attached hydrogens (tertiary/aromatic N) is 1. The van der Waals surface area contributed by atoms with Gasteiger partial charge in [-0.1, -0.05) is 0 Å². The molecule has 1 unspecified atom stereocenters. The normalized spacial score (nSPS) is 33.1. The van der Waals surface area contributed by atoms with Crippen LogP contribution in [0.25, 0.3) is 0 Å². The van der Waals surface area contributed by atoms with E-state index in [4.69, 9.17) is 0 Å².